The van der Waals surface area contributed by atoms with Gasteiger partial charge in [0, 0.05) is 31.0 Å². The second-order valence-corrected chi connectivity index (χ2v) is 5.66. The highest BCUT2D eigenvalue weighted by molar-refractivity contribution is 6.05. The van der Waals surface area contributed by atoms with Gasteiger partial charge in [0.2, 0.25) is 5.91 Å². The Labute approximate surface area is 128 Å². The molecule has 0 radical (unpaired) electrons. The smallest absolute Gasteiger partial charge is 0.251 e. The van der Waals surface area contributed by atoms with E-state index in [-0.39, 0.29) is 11.8 Å². The summed E-state index contributed by atoms with van der Waals surface area (Å²) in [5, 5.41) is 2.91. The lowest BCUT2D eigenvalue weighted by molar-refractivity contribution is -0.117. The van der Waals surface area contributed by atoms with Gasteiger partial charge in [-0.1, -0.05) is 6.07 Å². The Hall–Kier alpha value is -2.69. The van der Waals surface area contributed by atoms with Crippen LogP contribution in [0.2, 0.25) is 0 Å². The maximum atomic E-state index is 12.4. The number of nitrogens with zero attached hydrogens (tertiary/aromatic N) is 2. The summed E-state index contributed by atoms with van der Waals surface area (Å²) in [6, 6.07) is 7.53. The molecule has 0 saturated heterocycles. The molecule has 0 unspecified atom stereocenters. The van der Waals surface area contributed by atoms with Gasteiger partial charge in [0.25, 0.3) is 5.91 Å². The van der Waals surface area contributed by atoms with Crippen molar-refractivity contribution in [3.05, 3.63) is 58.9 Å². The SMILES string of the molecule is O=C(NCc1cccnc1)c1cc2c3c(c1)CC(=O)N3CC2. The van der Waals surface area contributed by atoms with Gasteiger partial charge in [-0.3, -0.25) is 14.6 Å². The van der Waals surface area contributed by atoms with E-state index in [9.17, 15) is 9.59 Å². The molecular formula is C17H15N3O2. The summed E-state index contributed by atoms with van der Waals surface area (Å²) in [6.07, 6.45) is 4.68. The molecule has 0 spiro atoms. The maximum absolute atomic E-state index is 12.4. The second-order valence-electron chi connectivity index (χ2n) is 5.66. The quantitative estimate of drug-likeness (QED) is 0.932. The third kappa shape index (κ3) is 2.06. The molecule has 2 aliphatic heterocycles. The maximum Gasteiger partial charge on any atom is 0.251 e. The first-order chi connectivity index (χ1) is 10.7. The molecule has 1 aromatic heterocycles. The van der Waals surface area contributed by atoms with E-state index in [1.54, 1.807) is 12.4 Å². The van der Waals surface area contributed by atoms with Gasteiger partial charge in [-0.15, -0.1) is 0 Å². The number of nitrogens with one attached hydrogen (secondary N) is 1. The van der Waals surface area contributed by atoms with Crippen molar-refractivity contribution in [2.75, 3.05) is 11.4 Å². The normalized spacial score (nSPS) is 15.1. The number of anilines is 1. The molecule has 2 amide bonds. The Morgan fingerprint density at radius 3 is 3.00 bits per heavy atom. The zero-order chi connectivity index (χ0) is 15.1. The minimum absolute atomic E-state index is 0.110. The first kappa shape index (κ1) is 13.0. The molecule has 0 fully saturated rings. The predicted octanol–water partition coefficient (Wildman–Crippen LogP) is 1.46. The van der Waals surface area contributed by atoms with Crippen molar-refractivity contribution >= 4 is 17.5 Å². The largest absolute Gasteiger partial charge is 0.348 e. The first-order valence-corrected chi connectivity index (χ1v) is 7.35. The van der Waals surface area contributed by atoms with E-state index in [1.807, 2.05) is 29.2 Å². The van der Waals surface area contributed by atoms with Crippen LogP contribution in [0, 0.1) is 0 Å². The van der Waals surface area contributed by atoms with Crippen LogP contribution in [0.1, 0.15) is 27.0 Å². The molecule has 0 bridgehead atoms. The van der Waals surface area contributed by atoms with Gasteiger partial charge < -0.3 is 10.2 Å². The molecule has 1 aromatic carbocycles. The molecule has 3 heterocycles. The Morgan fingerprint density at radius 2 is 2.18 bits per heavy atom. The fourth-order valence-electron chi connectivity index (χ4n) is 3.20. The standard InChI is InChI=1S/C17H15N3O2/c21-15-8-13-7-14(6-12-3-5-20(15)16(12)13)17(22)19-10-11-2-1-4-18-9-11/h1-2,4,6-7,9H,3,5,8,10H2,(H,19,22). The Balaban J connectivity index is 1.55. The van der Waals surface area contributed by atoms with Crippen molar-refractivity contribution < 1.29 is 9.59 Å². The summed E-state index contributed by atoms with van der Waals surface area (Å²) in [7, 11) is 0. The molecule has 0 aliphatic carbocycles. The second kappa shape index (κ2) is 4.94. The van der Waals surface area contributed by atoms with Crippen LogP contribution in [0.3, 0.4) is 0 Å². The van der Waals surface area contributed by atoms with Crippen LogP contribution in [-0.4, -0.2) is 23.3 Å². The number of pyridine rings is 1. The first-order valence-electron chi connectivity index (χ1n) is 7.35. The van der Waals surface area contributed by atoms with E-state index < -0.39 is 0 Å². The highest BCUT2D eigenvalue weighted by Crippen LogP contribution is 2.38. The Bertz CT molecular complexity index is 771. The summed E-state index contributed by atoms with van der Waals surface area (Å²) in [5.41, 5.74) is 4.72. The van der Waals surface area contributed by atoms with Gasteiger partial charge in [0.05, 0.1) is 12.1 Å². The van der Waals surface area contributed by atoms with Crippen LogP contribution in [0.25, 0.3) is 0 Å². The van der Waals surface area contributed by atoms with Crippen molar-refractivity contribution in [3.63, 3.8) is 0 Å². The van der Waals surface area contributed by atoms with Crippen LogP contribution < -0.4 is 10.2 Å². The lowest BCUT2D eigenvalue weighted by Gasteiger charge is -2.10. The van der Waals surface area contributed by atoms with E-state index in [0.29, 0.717) is 18.5 Å². The molecule has 0 saturated carbocycles. The van der Waals surface area contributed by atoms with Crippen molar-refractivity contribution in [2.45, 2.75) is 19.4 Å². The average molecular weight is 293 g/mol. The molecule has 4 rings (SSSR count). The monoisotopic (exact) mass is 293 g/mol. The van der Waals surface area contributed by atoms with Crippen molar-refractivity contribution in [2.24, 2.45) is 0 Å². The number of benzene rings is 1. The van der Waals surface area contributed by atoms with Crippen LogP contribution in [0.4, 0.5) is 5.69 Å². The van der Waals surface area contributed by atoms with Gasteiger partial charge in [-0.25, -0.2) is 0 Å². The third-order valence-corrected chi connectivity index (χ3v) is 4.22. The lowest BCUT2D eigenvalue weighted by Crippen LogP contribution is -2.24. The summed E-state index contributed by atoms with van der Waals surface area (Å²) < 4.78 is 0. The van der Waals surface area contributed by atoms with Crippen molar-refractivity contribution in [1.82, 2.24) is 10.3 Å². The zero-order valence-corrected chi connectivity index (χ0v) is 12.0. The summed E-state index contributed by atoms with van der Waals surface area (Å²) in [6.45, 7) is 1.19. The molecule has 2 aromatic rings. The third-order valence-electron chi connectivity index (χ3n) is 4.22. The fraction of sp³-hybridized carbons (Fsp3) is 0.235. The van der Waals surface area contributed by atoms with Gasteiger partial charge in [-0.05, 0) is 41.3 Å². The molecule has 5 heteroatoms. The number of hydrogen-bond acceptors (Lipinski definition) is 3. The number of carbonyl (C=O) groups excluding carboxylic acids is 2. The minimum atomic E-state index is -0.110. The fourth-order valence-corrected chi connectivity index (χ4v) is 3.20. The van der Waals surface area contributed by atoms with E-state index in [4.69, 9.17) is 0 Å². The topological polar surface area (TPSA) is 62.3 Å². The van der Waals surface area contributed by atoms with Gasteiger partial charge in [0.1, 0.15) is 0 Å². The predicted molar refractivity (Wildman–Crippen MR) is 81.6 cm³/mol. The van der Waals surface area contributed by atoms with Crippen molar-refractivity contribution in [3.8, 4) is 0 Å². The molecule has 0 atom stereocenters. The molecule has 22 heavy (non-hydrogen) atoms. The number of amides is 2. The number of aromatic nitrogens is 1. The van der Waals surface area contributed by atoms with E-state index in [1.165, 1.54) is 0 Å². The van der Waals surface area contributed by atoms with Gasteiger partial charge in [0.15, 0.2) is 0 Å². The van der Waals surface area contributed by atoms with Crippen LogP contribution >= 0.6 is 0 Å². The number of hydrogen-bond donors (Lipinski definition) is 1. The molecule has 5 nitrogen and oxygen atoms in total. The average Bonchev–Trinajstić information content (AvgIpc) is 3.11. The van der Waals surface area contributed by atoms with Crippen LogP contribution in [-0.2, 0) is 24.2 Å². The lowest BCUT2D eigenvalue weighted by atomic mass is 10.0. The van der Waals surface area contributed by atoms with E-state index in [2.05, 4.69) is 10.3 Å². The summed E-state index contributed by atoms with van der Waals surface area (Å²) in [5.74, 6) is 0.0300. The Kier molecular flexibility index (Phi) is 2.92. The molecule has 110 valence electrons. The summed E-state index contributed by atoms with van der Waals surface area (Å²) >= 11 is 0. The van der Waals surface area contributed by atoms with Crippen LogP contribution in [0.15, 0.2) is 36.7 Å². The van der Waals surface area contributed by atoms with E-state index in [0.717, 1.165) is 35.3 Å². The molecule has 2 aliphatic rings. The highest BCUT2D eigenvalue weighted by Gasteiger charge is 2.34. The summed E-state index contributed by atoms with van der Waals surface area (Å²) in [4.78, 5) is 30.1. The van der Waals surface area contributed by atoms with Gasteiger partial charge >= 0.3 is 0 Å². The van der Waals surface area contributed by atoms with Crippen LogP contribution in [0.5, 0.6) is 0 Å². The van der Waals surface area contributed by atoms with Crippen molar-refractivity contribution in [1.29, 1.82) is 0 Å². The zero-order valence-electron chi connectivity index (χ0n) is 12.0. The molecular weight excluding hydrogens is 278 g/mol. The van der Waals surface area contributed by atoms with E-state index >= 15 is 0 Å². The molecule has 1 N–H and O–H groups in total. The minimum Gasteiger partial charge on any atom is -0.348 e. The Morgan fingerprint density at radius 1 is 1.32 bits per heavy atom. The number of rotatable bonds is 3. The number of carbonyl (C=O) groups is 2. The highest BCUT2D eigenvalue weighted by atomic mass is 16.2. The van der Waals surface area contributed by atoms with Gasteiger partial charge in [-0.2, -0.15) is 0 Å².